The van der Waals surface area contributed by atoms with Crippen LogP contribution in [-0.4, -0.2) is 51.4 Å². The Hall–Kier alpha value is -4.08. The van der Waals surface area contributed by atoms with Crippen LogP contribution in [0.2, 0.25) is 0 Å². The first-order chi connectivity index (χ1) is 17.7. The zero-order valence-corrected chi connectivity index (χ0v) is 22.0. The number of alkyl carbamates (subject to hydrolysis) is 1. The van der Waals surface area contributed by atoms with Crippen molar-refractivity contribution in [3.63, 3.8) is 0 Å². The molecule has 1 aliphatic rings. The van der Waals surface area contributed by atoms with Crippen molar-refractivity contribution < 1.29 is 9.53 Å². The van der Waals surface area contributed by atoms with Crippen molar-refractivity contribution in [1.82, 2.24) is 24.9 Å². The Kier molecular flexibility index (Phi) is 6.49. The number of carbonyl (C=O) groups excluding carboxylic acids is 1. The second kappa shape index (κ2) is 9.76. The first-order valence-corrected chi connectivity index (χ1v) is 12.7. The normalized spacial score (nSPS) is 15.1. The molecular weight excluding hydrogens is 468 g/mol. The summed E-state index contributed by atoms with van der Waals surface area (Å²) in [5.74, 6) is 1.50. The zero-order valence-electron chi connectivity index (χ0n) is 22.0. The zero-order chi connectivity index (χ0) is 26.2. The maximum Gasteiger partial charge on any atom is 0.407 e. The van der Waals surface area contributed by atoms with Crippen LogP contribution in [0.15, 0.2) is 42.5 Å². The molecule has 1 aliphatic heterocycles. The number of aromatic nitrogens is 4. The minimum Gasteiger partial charge on any atom is -0.444 e. The monoisotopic (exact) mass is 502 g/mol. The Morgan fingerprint density at radius 2 is 1.89 bits per heavy atom. The predicted octanol–water partition coefficient (Wildman–Crippen LogP) is 4.86. The third-order valence-corrected chi connectivity index (χ3v) is 6.35. The van der Waals surface area contributed by atoms with E-state index in [0.717, 1.165) is 41.0 Å². The van der Waals surface area contributed by atoms with E-state index in [-0.39, 0.29) is 6.17 Å². The number of amides is 1. The Bertz CT molecular complexity index is 1440. The topological polar surface area (TPSA) is 109 Å². The van der Waals surface area contributed by atoms with Crippen LogP contribution in [-0.2, 0) is 4.74 Å². The lowest BCUT2D eigenvalue weighted by Crippen LogP contribution is -2.33. The summed E-state index contributed by atoms with van der Waals surface area (Å²) in [5.41, 5.74) is 5.46. The summed E-state index contributed by atoms with van der Waals surface area (Å²) in [6.07, 6.45) is 1.30. The van der Waals surface area contributed by atoms with E-state index in [0.29, 0.717) is 24.6 Å². The fourth-order valence-electron chi connectivity index (χ4n) is 4.64. The third kappa shape index (κ3) is 5.09. The number of anilines is 3. The molecule has 0 radical (unpaired) electrons. The van der Waals surface area contributed by atoms with E-state index in [1.807, 2.05) is 38.2 Å². The molecule has 2 aromatic heterocycles. The number of ether oxygens (including phenoxy) is 1. The van der Waals surface area contributed by atoms with E-state index < -0.39 is 11.7 Å². The fourth-order valence-corrected chi connectivity index (χ4v) is 4.64. The van der Waals surface area contributed by atoms with Crippen molar-refractivity contribution in [2.45, 2.75) is 52.3 Å². The fraction of sp³-hybridized carbons (Fsp3) is 0.407. The van der Waals surface area contributed by atoms with Crippen molar-refractivity contribution in [2.75, 3.05) is 35.7 Å². The van der Waals surface area contributed by atoms with Gasteiger partial charge in [-0.25, -0.2) is 9.78 Å². The van der Waals surface area contributed by atoms with Crippen LogP contribution >= 0.6 is 0 Å². The van der Waals surface area contributed by atoms with Gasteiger partial charge >= 0.3 is 6.09 Å². The number of carbonyl (C=O) groups is 1. The van der Waals surface area contributed by atoms with Crippen molar-refractivity contribution in [2.24, 2.45) is 0 Å². The van der Waals surface area contributed by atoms with Crippen LogP contribution in [0.3, 0.4) is 0 Å². The average Bonchev–Trinajstić information content (AvgIpc) is 3.40. The van der Waals surface area contributed by atoms with Crippen LogP contribution in [0.4, 0.5) is 22.0 Å². The van der Waals surface area contributed by atoms with Crippen molar-refractivity contribution in [3.05, 3.63) is 53.9 Å². The summed E-state index contributed by atoms with van der Waals surface area (Å²) in [6, 6.07) is 14.7. The SMILES string of the molecule is Cc1nnc2c(NCCCCNC(=O)OC(C)(C)C)nc3cc(C4Nc5ccccc5N4C)ccc3n12. The van der Waals surface area contributed by atoms with Gasteiger partial charge in [0.2, 0.25) is 5.65 Å². The van der Waals surface area contributed by atoms with Gasteiger partial charge in [-0.15, -0.1) is 10.2 Å². The van der Waals surface area contributed by atoms with E-state index in [4.69, 9.17) is 9.72 Å². The molecule has 5 rings (SSSR count). The lowest BCUT2D eigenvalue weighted by molar-refractivity contribution is 0.0527. The molecule has 10 nitrogen and oxygen atoms in total. The molecule has 1 amide bonds. The minimum atomic E-state index is -0.498. The molecule has 194 valence electrons. The van der Waals surface area contributed by atoms with Crippen molar-refractivity contribution in [3.8, 4) is 0 Å². The molecular formula is C27H34N8O2. The summed E-state index contributed by atoms with van der Waals surface area (Å²) in [7, 11) is 2.10. The number of rotatable bonds is 7. The highest BCUT2D eigenvalue weighted by atomic mass is 16.6. The Morgan fingerprint density at radius 3 is 2.68 bits per heavy atom. The van der Waals surface area contributed by atoms with Gasteiger partial charge in [-0.2, -0.15) is 0 Å². The number of hydrogen-bond acceptors (Lipinski definition) is 8. The molecule has 37 heavy (non-hydrogen) atoms. The van der Waals surface area contributed by atoms with Gasteiger partial charge in [0.15, 0.2) is 5.82 Å². The largest absolute Gasteiger partial charge is 0.444 e. The standard InChI is InChI=1S/C27H34N8O2/c1-17-32-33-25-23(28-14-8-9-15-29-26(36)37-27(2,3)4)30-20-16-18(12-13-22(20)35(17)25)24-31-19-10-6-7-11-21(19)34(24)5/h6-7,10-13,16,24,31H,8-9,14-15H2,1-5H3,(H,28,30)(H,29,36). The summed E-state index contributed by atoms with van der Waals surface area (Å²) < 4.78 is 7.32. The number of para-hydroxylation sites is 2. The number of unbranched alkanes of at least 4 members (excludes halogenated alkanes) is 1. The molecule has 1 unspecified atom stereocenters. The molecule has 1 atom stereocenters. The van der Waals surface area contributed by atoms with Gasteiger partial charge in [0.05, 0.1) is 22.4 Å². The van der Waals surface area contributed by atoms with E-state index >= 15 is 0 Å². The molecule has 2 aromatic carbocycles. The smallest absolute Gasteiger partial charge is 0.407 e. The summed E-state index contributed by atoms with van der Waals surface area (Å²) in [6.45, 7) is 8.74. The Labute approximate surface area is 216 Å². The highest BCUT2D eigenvalue weighted by molar-refractivity contribution is 5.84. The highest BCUT2D eigenvalue weighted by Crippen LogP contribution is 2.40. The minimum absolute atomic E-state index is 0.0233. The Balaban J connectivity index is 1.30. The molecule has 0 spiro atoms. The number of hydrogen-bond donors (Lipinski definition) is 3. The van der Waals surface area contributed by atoms with Crippen LogP contribution in [0.1, 0.15) is 51.2 Å². The van der Waals surface area contributed by atoms with Crippen LogP contribution < -0.4 is 20.9 Å². The van der Waals surface area contributed by atoms with Gasteiger partial charge in [-0.1, -0.05) is 18.2 Å². The van der Waals surface area contributed by atoms with E-state index in [2.05, 4.69) is 74.5 Å². The molecule has 10 heteroatoms. The number of nitrogens with zero attached hydrogens (tertiary/aromatic N) is 5. The van der Waals surface area contributed by atoms with Gasteiger partial charge in [0.25, 0.3) is 0 Å². The van der Waals surface area contributed by atoms with Crippen molar-refractivity contribution >= 4 is 40.0 Å². The first-order valence-electron chi connectivity index (χ1n) is 12.7. The first kappa shape index (κ1) is 24.6. The molecule has 3 N–H and O–H groups in total. The van der Waals surface area contributed by atoms with Gasteiger partial charge in [-0.05, 0) is 70.4 Å². The van der Waals surface area contributed by atoms with Crippen LogP contribution in [0.25, 0.3) is 16.7 Å². The molecule has 0 fully saturated rings. The lowest BCUT2D eigenvalue weighted by Gasteiger charge is -2.23. The molecule has 0 saturated carbocycles. The predicted molar refractivity (Wildman–Crippen MR) is 146 cm³/mol. The number of nitrogens with one attached hydrogen (secondary N) is 3. The van der Waals surface area contributed by atoms with Gasteiger partial charge in [-0.3, -0.25) is 4.40 Å². The highest BCUT2D eigenvalue weighted by Gasteiger charge is 2.27. The molecule has 3 heterocycles. The average molecular weight is 503 g/mol. The van der Waals surface area contributed by atoms with E-state index in [1.54, 1.807) is 0 Å². The number of fused-ring (bicyclic) bond motifs is 4. The second-order valence-electron chi connectivity index (χ2n) is 10.4. The van der Waals surface area contributed by atoms with Crippen molar-refractivity contribution in [1.29, 1.82) is 0 Å². The quantitative estimate of drug-likeness (QED) is 0.307. The molecule has 0 saturated heterocycles. The summed E-state index contributed by atoms with van der Waals surface area (Å²) >= 11 is 0. The third-order valence-electron chi connectivity index (χ3n) is 6.35. The molecule has 0 aliphatic carbocycles. The van der Waals surface area contributed by atoms with Gasteiger partial charge in [0.1, 0.15) is 17.6 Å². The Morgan fingerprint density at radius 1 is 1.11 bits per heavy atom. The van der Waals surface area contributed by atoms with Crippen LogP contribution in [0, 0.1) is 6.92 Å². The number of benzene rings is 2. The van der Waals surface area contributed by atoms with E-state index in [9.17, 15) is 4.79 Å². The van der Waals surface area contributed by atoms with E-state index in [1.165, 1.54) is 5.69 Å². The van der Waals surface area contributed by atoms with Gasteiger partial charge in [0, 0.05) is 20.1 Å². The number of aryl methyl sites for hydroxylation is 1. The van der Waals surface area contributed by atoms with Crippen LogP contribution in [0.5, 0.6) is 0 Å². The molecule has 4 aromatic rings. The summed E-state index contributed by atoms with van der Waals surface area (Å²) in [4.78, 5) is 19.0. The van der Waals surface area contributed by atoms with Gasteiger partial charge < -0.3 is 25.6 Å². The maximum absolute atomic E-state index is 11.8. The molecule has 0 bridgehead atoms. The maximum atomic E-state index is 11.8. The second-order valence-corrected chi connectivity index (χ2v) is 10.4. The summed E-state index contributed by atoms with van der Waals surface area (Å²) in [5, 5.41) is 18.5. The lowest BCUT2D eigenvalue weighted by atomic mass is 10.1.